The van der Waals surface area contributed by atoms with Crippen LogP contribution in [-0.4, -0.2) is 92.6 Å². The van der Waals surface area contributed by atoms with Crippen molar-refractivity contribution in [1.82, 2.24) is 21.3 Å². The third kappa shape index (κ3) is 13.1. The van der Waals surface area contributed by atoms with Crippen LogP contribution in [0.4, 0.5) is 0 Å². The molecule has 0 aromatic rings. The Balaban J connectivity index is 1.71. The third-order valence-corrected chi connectivity index (χ3v) is 11.7. The van der Waals surface area contributed by atoms with Crippen LogP contribution in [0.2, 0.25) is 0 Å². The molecule has 4 rings (SSSR count). The van der Waals surface area contributed by atoms with Crippen molar-refractivity contribution in [2.75, 3.05) is 0 Å². The summed E-state index contributed by atoms with van der Waals surface area (Å²) in [4.78, 5) is 58.0. The molecule has 4 N–H and O–H groups in total. The molecule has 56 heavy (non-hydrogen) atoms. The Morgan fingerprint density at radius 3 is 0.911 bits per heavy atom. The van der Waals surface area contributed by atoms with E-state index in [4.69, 9.17) is 18.9 Å². The van der Waals surface area contributed by atoms with E-state index < -0.39 is 54.0 Å². The number of nitrogens with one attached hydrogen (secondary N) is 4. The molecular weight excluding hydrogens is 713 g/mol. The van der Waals surface area contributed by atoms with Crippen LogP contribution in [0.25, 0.3) is 0 Å². The molecule has 0 radical (unpaired) electrons. The standard InChI is InChI=1S/C44H78N4O8/c1-36(2)19-28(20-37(3,4)45-36)53-32(49)17-18-44(34(51)55-30-23-40(9,10)47-41(11,12)24-30,35(52)56-31-25-42(13,14)48-43(15,16)26-31)27-33(50)54-29-21-38(5,6)46-39(7,8)22-29/h28-31,45-48H,17-27H2,1-16H3. The molecule has 0 unspecified atom stereocenters. The summed E-state index contributed by atoms with van der Waals surface area (Å²) in [5.74, 6) is -2.98. The molecule has 322 valence electrons. The van der Waals surface area contributed by atoms with Crippen LogP contribution < -0.4 is 21.3 Å². The van der Waals surface area contributed by atoms with E-state index in [-0.39, 0.29) is 63.3 Å². The van der Waals surface area contributed by atoms with E-state index in [9.17, 15) is 19.2 Å². The van der Waals surface area contributed by atoms with Crippen molar-refractivity contribution in [2.24, 2.45) is 5.41 Å². The minimum absolute atomic E-state index is 0.265. The second-order valence-corrected chi connectivity index (χ2v) is 23.2. The molecule has 0 bridgehead atoms. The summed E-state index contributed by atoms with van der Waals surface area (Å²) >= 11 is 0. The zero-order valence-corrected chi connectivity index (χ0v) is 37.9. The van der Waals surface area contributed by atoms with Gasteiger partial charge in [-0.3, -0.25) is 19.2 Å². The van der Waals surface area contributed by atoms with E-state index in [0.717, 1.165) is 0 Å². The lowest BCUT2D eigenvalue weighted by molar-refractivity contribution is -0.189. The fourth-order valence-corrected chi connectivity index (χ4v) is 11.3. The van der Waals surface area contributed by atoms with E-state index in [1.807, 2.05) is 0 Å². The molecule has 0 aromatic heterocycles. The molecule has 0 aliphatic carbocycles. The number of esters is 4. The van der Waals surface area contributed by atoms with Crippen molar-refractivity contribution in [3.05, 3.63) is 0 Å². The Bertz CT molecular complexity index is 1360. The van der Waals surface area contributed by atoms with E-state index in [1.165, 1.54) is 0 Å². The maximum atomic E-state index is 15.0. The summed E-state index contributed by atoms with van der Waals surface area (Å²) in [6.07, 6.45) is 1.16. The van der Waals surface area contributed by atoms with Crippen molar-refractivity contribution in [3.8, 4) is 0 Å². The summed E-state index contributed by atoms with van der Waals surface area (Å²) in [7, 11) is 0. The number of piperidine rings is 4. The summed E-state index contributed by atoms with van der Waals surface area (Å²) < 4.78 is 24.9. The van der Waals surface area contributed by atoms with Crippen LogP contribution in [-0.2, 0) is 38.1 Å². The monoisotopic (exact) mass is 791 g/mol. The van der Waals surface area contributed by atoms with Gasteiger partial charge in [-0.05, 0) is 117 Å². The molecule has 4 aliphatic heterocycles. The Hall–Kier alpha value is -2.28. The number of hydrogen-bond donors (Lipinski definition) is 4. The first-order valence-electron chi connectivity index (χ1n) is 21.1. The second kappa shape index (κ2) is 15.7. The van der Waals surface area contributed by atoms with E-state index in [1.54, 1.807) is 0 Å². The Morgan fingerprint density at radius 2 is 0.643 bits per heavy atom. The van der Waals surface area contributed by atoms with Crippen LogP contribution in [0.3, 0.4) is 0 Å². The number of carbonyl (C=O) groups excluding carboxylic acids is 4. The zero-order valence-electron chi connectivity index (χ0n) is 37.9. The molecular formula is C44H78N4O8. The van der Waals surface area contributed by atoms with Gasteiger partial charge < -0.3 is 40.2 Å². The first-order valence-corrected chi connectivity index (χ1v) is 21.1. The zero-order chi connectivity index (χ0) is 42.6. The van der Waals surface area contributed by atoms with Gasteiger partial charge in [0.1, 0.15) is 24.4 Å². The molecule has 12 nitrogen and oxygen atoms in total. The fraction of sp³-hybridized carbons (Fsp3) is 0.909. The van der Waals surface area contributed by atoms with Crippen LogP contribution in [0.5, 0.6) is 0 Å². The van der Waals surface area contributed by atoms with E-state index >= 15 is 0 Å². The van der Waals surface area contributed by atoms with E-state index in [0.29, 0.717) is 51.4 Å². The normalized spacial score (nSPS) is 27.1. The lowest BCUT2D eigenvalue weighted by Crippen LogP contribution is -2.61. The SMILES string of the molecule is CC1(C)CC(OC(=O)CCC(CC(=O)OC2CC(C)(C)NC(C)(C)C2)(C(=O)OC2CC(C)(C)NC(C)(C)C2)C(=O)OC2CC(C)(C)NC(C)(C)C2)CC(C)(C)N1. The predicted octanol–water partition coefficient (Wildman–Crippen LogP) is 6.55. The van der Waals surface area contributed by atoms with E-state index in [2.05, 4.69) is 132 Å². The van der Waals surface area contributed by atoms with Crippen LogP contribution in [0.15, 0.2) is 0 Å². The molecule has 0 spiro atoms. The summed E-state index contributed by atoms with van der Waals surface area (Å²) in [6.45, 7) is 33.0. The highest BCUT2D eigenvalue weighted by molar-refractivity contribution is 6.03. The number of hydrogen-bond acceptors (Lipinski definition) is 12. The quantitative estimate of drug-likeness (QED) is 0.102. The molecule has 4 aliphatic rings. The van der Waals surface area contributed by atoms with Gasteiger partial charge in [-0.2, -0.15) is 0 Å². The number of rotatable bonds is 11. The maximum Gasteiger partial charge on any atom is 0.324 e. The van der Waals surface area contributed by atoms with Crippen molar-refractivity contribution in [3.63, 3.8) is 0 Å². The van der Waals surface area contributed by atoms with Crippen molar-refractivity contribution in [1.29, 1.82) is 0 Å². The molecule has 12 heteroatoms. The van der Waals surface area contributed by atoms with Gasteiger partial charge in [-0.15, -0.1) is 0 Å². The van der Waals surface area contributed by atoms with Crippen LogP contribution in [0, 0.1) is 5.41 Å². The number of carbonyl (C=O) groups is 4. The molecule has 0 saturated carbocycles. The topological polar surface area (TPSA) is 153 Å². The van der Waals surface area contributed by atoms with Crippen molar-refractivity contribution >= 4 is 23.9 Å². The van der Waals surface area contributed by atoms with Gasteiger partial charge in [0.15, 0.2) is 5.41 Å². The van der Waals surface area contributed by atoms with Crippen LogP contribution in [0.1, 0.15) is 181 Å². The number of ether oxygens (including phenoxy) is 4. The minimum atomic E-state index is -2.15. The summed E-state index contributed by atoms with van der Waals surface area (Å²) in [5, 5.41) is 14.4. The molecule has 4 heterocycles. The summed E-state index contributed by atoms with van der Waals surface area (Å²) in [5.41, 5.74) is -4.77. The molecule has 0 aromatic carbocycles. The highest BCUT2D eigenvalue weighted by Crippen LogP contribution is 2.41. The average Bonchev–Trinajstić information content (AvgIpc) is 2.87. The first kappa shape index (κ1) is 46.4. The Kier molecular flexibility index (Phi) is 13.0. The Labute approximate surface area is 338 Å². The molecule has 0 amide bonds. The molecule has 0 atom stereocenters. The lowest BCUT2D eigenvalue weighted by Gasteiger charge is -2.47. The van der Waals surface area contributed by atoms with Gasteiger partial charge in [0.2, 0.25) is 0 Å². The highest BCUT2D eigenvalue weighted by atomic mass is 16.6. The van der Waals surface area contributed by atoms with Crippen molar-refractivity contribution < 1.29 is 38.1 Å². The maximum absolute atomic E-state index is 15.0. The first-order chi connectivity index (χ1) is 25.1. The van der Waals surface area contributed by atoms with Gasteiger partial charge >= 0.3 is 23.9 Å². The smallest absolute Gasteiger partial charge is 0.324 e. The third-order valence-electron chi connectivity index (χ3n) is 11.7. The average molecular weight is 791 g/mol. The van der Waals surface area contributed by atoms with Gasteiger partial charge in [-0.25, -0.2) is 0 Å². The minimum Gasteiger partial charge on any atom is -0.462 e. The van der Waals surface area contributed by atoms with Crippen molar-refractivity contribution in [2.45, 2.75) is 250 Å². The van der Waals surface area contributed by atoms with Gasteiger partial charge in [0.25, 0.3) is 0 Å². The second-order valence-electron chi connectivity index (χ2n) is 23.2. The lowest BCUT2D eigenvalue weighted by atomic mass is 9.77. The fourth-order valence-electron chi connectivity index (χ4n) is 11.3. The van der Waals surface area contributed by atoms with Gasteiger partial charge in [0, 0.05) is 102 Å². The van der Waals surface area contributed by atoms with Crippen LogP contribution >= 0.6 is 0 Å². The highest BCUT2D eigenvalue weighted by Gasteiger charge is 2.55. The van der Waals surface area contributed by atoms with Gasteiger partial charge in [-0.1, -0.05) is 0 Å². The van der Waals surface area contributed by atoms with Gasteiger partial charge in [0.05, 0.1) is 6.42 Å². The summed E-state index contributed by atoms with van der Waals surface area (Å²) in [6, 6.07) is 0. The Morgan fingerprint density at radius 1 is 0.411 bits per heavy atom. The predicted molar refractivity (Wildman–Crippen MR) is 218 cm³/mol. The molecule has 4 fully saturated rings. The largest absolute Gasteiger partial charge is 0.462 e. The molecule has 4 saturated heterocycles.